The Kier molecular flexibility index (Phi) is 7.92. The van der Waals surface area contributed by atoms with Gasteiger partial charge in [-0.25, -0.2) is 0 Å². The maximum Gasteiger partial charge on any atom is 0.247 e. The summed E-state index contributed by atoms with van der Waals surface area (Å²) in [4.78, 5) is 24.8. The minimum absolute atomic E-state index is 0.0991. The van der Waals surface area contributed by atoms with Gasteiger partial charge in [0.25, 0.3) is 0 Å². The van der Waals surface area contributed by atoms with Gasteiger partial charge < -0.3 is 15.3 Å². The van der Waals surface area contributed by atoms with Crippen molar-refractivity contribution in [2.75, 3.05) is 25.5 Å². The molecule has 2 N–H and O–H groups in total. The predicted octanol–water partition coefficient (Wildman–Crippen LogP) is 1.97. The number of benzene rings is 1. The predicted molar refractivity (Wildman–Crippen MR) is 87.5 cm³/mol. The molecule has 0 radical (unpaired) electrons. The molecule has 2 amide bonds. The van der Waals surface area contributed by atoms with Crippen LogP contribution in [0.1, 0.15) is 24.8 Å². The highest BCUT2D eigenvalue weighted by Gasteiger charge is 2.08. The van der Waals surface area contributed by atoms with Crippen molar-refractivity contribution in [1.82, 2.24) is 4.90 Å². The number of hydrogen-bond donors (Lipinski definition) is 2. The van der Waals surface area contributed by atoms with Gasteiger partial charge in [0.15, 0.2) is 0 Å². The van der Waals surface area contributed by atoms with E-state index in [0.717, 1.165) is 18.4 Å². The number of aryl methyl sites for hydroxylation is 1. The number of carbonyl (C=O) groups is 2. The Labute approximate surface area is 131 Å². The number of hydrogen-bond acceptors (Lipinski definition) is 3. The van der Waals surface area contributed by atoms with Gasteiger partial charge in [-0.05, 0) is 43.0 Å². The molecule has 0 atom stereocenters. The van der Waals surface area contributed by atoms with Crippen LogP contribution >= 0.6 is 0 Å². The normalized spacial score (nSPS) is 10.1. The van der Waals surface area contributed by atoms with Crippen LogP contribution in [-0.4, -0.2) is 42.0 Å². The summed E-state index contributed by atoms with van der Waals surface area (Å²) < 4.78 is 0. The van der Waals surface area contributed by atoms with Gasteiger partial charge in [-0.2, -0.15) is 0 Å². The summed E-state index contributed by atoms with van der Waals surface area (Å²) in [5, 5.41) is 11.4. The van der Waals surface area contributed by atoms with E-state index in [0.29, 0.717) is 25.1 Å². The summed E-state index contributed by atoms with van der Waals surface area (Å²) in [5.41, 5.74) is 1.76. The van der Waals surface area contributed by atoms with Crippen molar-refractivity contribution in [2.24, 2.45) is 0 Å². The van der Waals surface area contributed by atoms with E-state index in [1.807, 2.05) is 24.3 Å². The van der Waals surface area contributed by atoms with E-state index in [9.17, 15) is 9.59 Å². The highest BCUT2D eigenvalue weighted by molar-refractivity contribution is 5.98. The van der Waals surface area contributed by atoms with Crippen molar-refractivity contribution >= 4 is 17.5 Å². The summed E-state index contributed by atoms with van der Waals surface area (Å²) in [6, 6.07) is 7.42. The van der Waals surface area contributed by atoms with Crippen molar-refractivity contribution in [1.29, 1.82) is 0 Å². The number of nitrogens with one attached hydrogen (secondary N) is 1. The zero-order valence-electron chi connectivity index (χ0n) is 13.0. The molecule has 5 nitrogen and oxygen atoms in total. The van der Waals surface area contributed by atoms with E-state index in [4.69, 9.17) is 5.11 Å². The van der Waals surface area contributed by atoms with Crippen LogP contribution in [0, 0.1) is 0 Å². The Morgan fingerprint density at radius 1 is 1.27 bits per heavy atom. The summed E-state index contributed by atoms with van der Waals surface area (Å²) in [7, 11) is 1.79. The third kappa shape index (κ3) is 6.54. The minimum atomic E-state index is -0.243. The second-order valence-corrected chi connectivity index (χ2v) is 5.14. The lowest BCUT2D eigenvalue weighted by Crippen LogP contribution is -2.28. The van der Waals surface area contributed by atoms with Gasteiger partial charge in [-0.3, -0.25) is 9.59 Å². The lowest BCUT2D eigenvalue weighted by atomic mass is 10.1. The molecule has 0 aliphatic carbocycles. The fourth-order valence-corrected chi connectivity index (χ4v) is 1.98. The number of amides is 2. The molecule has 0 saturated heterocycles. The lowest BCUT2D eigenvalue weighted by Gasteiger charge is -2.16. The molecule has 0 bridgehead atoms. The smallest absolute Gasteiger partial charge is 0.247 e. The first-order valence-electron chi connectivity index (χ1n) is 7.44. The van der Waals surface area contributed by atoms with E-state index in [2.05, 4.69) is 11.9 Å². The summed E-state index contributed by atoms with van der Waals surface area (Å²) >= 11 is 0. The molecule has 1 aromatic rings. The van der Waals surface area contributed by atoms with Crippen LogP contribution in [0.3, 0.4) is 0 Å². The van der Waals surface area contributed by atoms with E-state index in [1.165, 1.54) is 6.08 Å². The number of rotatable bonds is 9. The first-order valence-corrected chi connectivity index (χ1v) is 7.44. The summed E-state index contributed by atoms with van der Waals surface area (Å²) in [5.74, 6) is -0.144. The van der Waals surface area contributed by atoms with E-state index in [1.54, 1.807) is 11.9 Å². The maximum atomic E-state index is 12.0. The molecule has 0 aliphatic rings. The zero-order chi connectivity index (χ0) is 16.4. The van der Waals surface area contributed by atoms with Gasteiger partial charge in [0.05, 0.1) is 0 Å². The van der Waals surface area contributed by atoms with Crippen molar-refractivity contribution < 1.29 is 14.7 Å². The minimum Gasteiger partial charge on any atom is -0.396 e. The van der Waals surface area contributed by atoms with E-state index >= 15 is 0 Å². The third-order valence-corrected chi connectivity index (χ3v) is 3.36. The molecule has 0 fully saturated rings. The van der Waals surface area contributed by atoms with Crippen LogP contribution in [0.15, 0.2) is 36.9 Å². The lowest BCUT2D eigenvalue weighted by molar-refractivity contribution is -0.130. The number of nitrogens with zero attached hydrogens (tertiary/aromatic N) is 1. The van der Waals surface area contributed by atoms with Gasteiger partial charge >= 0.3 is 0 Å². The van der Waals surface area contributed by atoms with Crippen LogP contribution in [-0.2, 0) is 16.0 Å². The van der Waals surface area contributed by atoms with Gasteiger partial charge in [0, 0.05) is 32.3 Å². The third-order valence-electron chi connectivity index (χ3n) is 3.36. The maximum absolute atomic E-state index is 12.0. The number of aliphatic hydroxyl groups excluding tert-OH is 1. The van der Waals surface area contributed by atoms with Gasteiger partial charge in [0.2, 0.25) is 11.8 Å². The monoisotopic (exact) mass is 304 g/mol. The van der Waals surface area contributed by atoms with Crippen LogP contribution in [0.4, 0.5) is 5.69 Å². The molecule has 1 rings (SSSR count). The van der Waals surface area contributed by atoms with Crippen molar-refractivity contribution in [3.05, 3.63) is 42.5 Å². The first-order chi connectivity index (χ1) is 10.6. The molecule has 0 aromatic heterocycles. The zero-order valence-corrected chi connectivity index (χ0v) is 13.0. The second kappa shape index (κ2) is 9.73. The number of anilines is 1. The average molecular weight is 304 g/mol. The molecule has 120 valence electrons. The molecule has 0 saturated carbocycles. The topological polar surface area (TPSA) is 69.6 Å². The quantitative estimate of drug-likeness (QED) is 0.541. The Morgan fingerprint density at radius 2 is 1.95 bits per heavy atom. The Morgan fingerprint density at radius 3 is 2.55 bits per heavy atom. The first kappa shape index (κ1) is 17.9. The van der Waals surface area contributed by atoms with Gasteiger partial charge in [0.1, 0.15) is 0 Å². The molecule has 1 aromatic carbocycles. The number of aliphatic hydroxyl groups is 1. The molecular formula is C17H24N2O3. The molecular weight excluding hydrogens is 280 g/mol. The number of unbranched alkanes of at least 4 members (excludes halogenated alkanes) is 1. The molecule has 5 heteroatoms. The standard InChI is InChI=1S/C17H24N2O3/c1-3-16(21)18-15-9-6-14(7-10-15)8-11-17(22)19(2)12-4-5-13-20/h3,6-7,9-10,20H,1,4-5,8,11-13H2,2H3,(H,18,21). The Hall–Kier alpha value is -2.14. The highest BCUT2D eigenvalue weighted by Crippen LogP contribution is 2.11. The SMILES string of the molecule is C=CC(=O)Nc1ccc(CCC(=O)N(C)CCCCO)cc1. The van der Waals surface area contributed by atoms with Crippen LogP contribution in [0.2, 0.25) is 0 Å². The van der Waals surface area contributed by atoms with Crippen molar-refractivity contribution in [2.45, 2.75) is 25.7 Å². The van der Waals surface area contributed by atoms with Crippen LogP contribution < -0.4 is 5.32 Å². The Balaban J connectivity index is 2.39. The second-order valence-electron chi connectivity index (χ2n) is 5.14. The van der Waals surface area contributed by atoms with E-state index in [-0.39, 0.29) is 18.4 Å². The molecule has 0 unspecified atom stereocenters. The number of carbonyl (C=O) groups excluding carboxylic acids is 2. The largest absolute Gasteiger partial charge is 0.396 e. The van der Waals surface area contributed by atoms with Crippen LogP contribution in [0.25, 0.3) is 0 Å². The highest BCUT2D eigenvalue weighted by atomic mass is 16.3. The summed E-state index contributed by atoms with van der Waals surface area (Å²) in [6.45, 7) is 4.23. The van der Waals surface area contributed by atoms with Gasteiger partial charge in [-0.15, -0.1) is 0 Å². The van der Waals surface area contributed by atoms with Gasteiger partial charge in [-0.1, -0.05) is 18.7 Å². The molecule has 0 heterocycles. The average Bonchev–Trinajstić information content (AvgIpc) is 2.53. The van der Waals surface area contributed by atoms with Crippen LogP contribution in [0.5, 0.6) is 0 Å². The molecule has 0 aliphatic heterocycles. The summed E-state index contributed by atoms with van der Waals surface area (Å²) in [6.07, 6.45) is 3.87. The van der Waals surface area contributed by atoms with E-state index < -0.39 is 0 Å². The van der Waals surface area contributed by atoms with Crippen molar-refractivity contribution in [3.8, 4) is 0 Å². The molecule has 22 heavy (non-hydrogen) atoms. The molecule has 0 spiro atoms. The Bertz CT molecular complexity index is 497. The fourth-order valence-electron chi connectivity index (χ4n) is 1.98. The van der Waals surface area contributed by atoms with Crippen molar-refractivity contribution in [3.63, 3.8) is 0 Å². The fraction of sp³-hybridized carbons (Fsp3) is 0.412.